The van der Waals surface area contributed by atoms with Crippen LogP contribution >= 0.6 is 11.8 Å². The third-order valence-electron chi connectivity index (χ3n) is 4.02. The summed E-state index contributed by atoms with van der Waals surface area (Å²) in [4.78, 5) is 9.27. The second-order valence-electron chi connectivity index (χ2n) is 5.76. The summed E-state index contributed by atoms with van der Waals surface area (Å²) in [6.45, 7) is 2.06. The van der Waals surface area contributed by atoms with Gasteiger partial charge in [0, 0.05) is 5.56 Å². The van der Waals surface area contributed by atoms with E-state index in [-0.39, 0.29) is 0 Å². The minimum atomic E-state index is 0.547. The second kappa shape index (κ2) is 6.22. The van der Waals surface area contributed by atoms with Crippen LogP contribution in [0, 0.1) is 6.92 Å². The highest BCUT2D eigenvalue weighted by molar-refractivity contribution is 7.98. The highest BCUT2D eigenvalue weighted by Gasteiger charge is 2.18. The molecular weight excluding hydrogens is 330 g/mol. The molecule has 0 bridgehead atoms. The molecule has 4 aromatic rings. The Hall–Kier alpha value is -2.86. The number of hydrogen-bond donors (Lipinski definition) is 1. The van der Waals surface area contributed by atoms with E-state index in [1.165, 1.54) is 17.3 Å². The molecule has 0 spiro atoms. The van der Waals surface area contributed by atoms with Crippen LogP contribution in [0.1, 0.15) is 5.56 Å². The van der Waals surface area contributed by atoms with E-state index >= 15 is 0 Å². The standard InChI is InChI=1S/C19H17N5S/c1-12-7-6-8-13(11-12)16-15-17(20)24(14-9-4-3-5-10-14)23-18(15)22-19(21-16)25-2/h3-11H,20H2,1-2H3. The molecule has 5 nitrogen and oxygen atoms in total. The first-order chi connectivity index (χ1) is 12.2. The number of aryl methyl sites for hydroxylation is 1. The predicted octanol–water partition coefficient (Wildman–Crippen LogP) is 4.10. The average Bonchev–Trinajstić information content (AvgIpc) is 2.98. The van der Waals surface area contributed by atoms with E-state index in [1.807, 2.05) is 48.7 Å². The fourth-order valence-corrected chi connectivity index (χ4v) is 3.21. The minimum absolute atomic E-state index is 0.547. The van der Waals surface area contributed by atoms with Crippen LogP contribution in [-0.4, -0.2) is 26.0 Å². The van der Waals surface area contributed by atoms with Gasteiger partial charge in [-0.3, -0.25) is 0 Å². The van der Waals surface area contributed by atoms with E-state index in [0.29, 0.717) is 16.6 Å². The Labute approximate surface area is 149 Å². The van der Waals surface area contributed by atoms with Crippen molar-refractivity contribution in [2.45, 2.75) is 12.1 Å². The summed E-state index contributed by atoms with van der Waals surface area (Å²) < 4.78 is 1.72. The van der Waals surface area contributed by atoms with Crippen molar-refractivity contribution in [3.63, 3.8) is 0 Å². The molecule has 124 valence electrons. The molecule has 4 rings (SSSR count). The van der Waals surface area contributed by atoms with Crippen LogP contribution in [-0.2, 0) is 0 Å². The van der Waals surface area contributed by atoms with Crippen molar-refractivity contribution in [1.29, 1.82) is 0 Å². The van der Waals surface area contributed by atoms with Crippen LogP contribution in [0.15, 0.2) is 59.8 Å². The highest BCUT2D eigenvalue weighted by Crippen LogP contribution is 2.33. The summed E-state index contributed by atoms with van der Waals surface area (Å²) in [5.41, 5.74) is 11.0. The van der Waals surface area contributed by atoms with Crippen molar-refractivity contribution in [3.8, 4) is 16.9 Å². The molecule has 0 aliphatic heterocycles. The maximum atomic E-state index is 6.45. The van der Waals surface area contributed by atoms with Crippen molar-refractivity contribution in [2.75, 3.05) is 12.0 Å². The summed E-state index contributed by atoms with van der Waals surface area (Å²) in [5.74, 6) is 0.547. The van der Waals surface area contributed by atoms with Crippen molar-refractivity contribution < 1.29 is 0 Å². The lowest BCUT2D eigenvalue weighted by Crippen LogP contribution is -2.01. The van der Waals surface area contributed by atoms with Gasteiger partial charge in [0.05, 0.1) is 16.8 Å². The first-order valence-electron chi connectivity index (χ1n) is 7.90. The summed E-state index contributed by atoms with van der Waals surface area (Å²) in [7, 11) is 0. The van der Waals surface area contributed by atoms with Crippen molar-refractivity contribution >= 4 is 28.6 Å². The van der Waals surface area contributed by atoms with Crippen LogP contribution in [0.5, 0.6) is 0 Å². The minimum Gasteiger partial charge on any atom is -0.383 e. The molecule has 0 amide bonds. The number of nitrogen functional groups attached to an aromatic ring is 1. The van der Waals surface area contributed by atoms with Gasteiger partial charge in [-0.05, 0) is 31.4 Å². The zero-order valence-corrected chi connectivity index (χ0v) is 14.8. The van der Waals surface area contributed by atoms with Crippen molar-refractivity contribution in [1.82, 2.24) is 19.7 Å². The number of hydrogen-bond acceptors (Lipinski definition) is 5. The van der Waals surface area contributed by atoms with E-state index in [1.54, 1.807) is 4.68 Å². The van der Waals surface area contributed by atoms with Crippen LogP contribution in [0.2, 0.25) is 0 Å². The van der Waals surface area contributed by atoms with Crippen molar-refractivity contribution in [2.24, 2.45) is 0 Å². The Morgan fingerprint density at radius 1 is 1.00 bits per heavy atom. The smallest absolute Gasteiger partial charge is 0.190 e. The third-order valence-corrected chi connectivity index (χ3v) is 4.57. The van der Waals surface area contributed by atoms with E-state index in [9.17, 15) is 0 Å². The topological polar surface area (TPSA) is 69.6 Å². The van der Waals surface area contributed by atoms with Gasteiger partial charge >= 0.3 is 0 Å². The molecule has 0 fully saturated rings. The van der Waals surface area contributed by atoms with Gasteiger partial charge < -0.3 is 5.73 Å². The number of thioether (sulfide) groups is 1. The lowest BCUT2D eigenvalue weighted by Gasteiger charge is -2.06. The average molecular weight is 347 g/mol. The largest absolute Gasteiger partial charge is 0.383 e. The number of nitrogens with two attached hydrogens (primary N) is 1. The van der Waals surface area contributed by atoms with E-state index in [0.717, 1.165) is 22.3 Å². The van der Waals surface area contributed by atoms with Gasteiger partial charge in [0.1, 0.15) is 5.82 Å². The highest BCUT2D eigenvalue weighted by atomic mass is 32.2. The molecule has 25 heavy (non-hydrogen) atoms. The summed E-state index contributed by atoms with van der Waals surface area (Å²) in [5, 5.41) is 6.09. The number of rotatable bonds is 3. The molecule has 0 aliphatic rings. The Kier molecular flexibility index (Phi) is 3.89. The molecule has 0 radical (unpaired) electrons. The fourth-order valence-electron chi connectivity index (χ4n) is 2.85. The molecule has 0 aliphatic carbocycles. The molecule has 2 aromatic heterocycles. The lowest BCUT2D eigenvalue weighted by atomic mass is 10.1. The van der Waals surface area contributed by atoms with Crippen LogP contribution < -0.4 is 5.73 Å². The Bertz CT molecular complexity index is 1060. The fraction of sp³-hybridized carbons (Fsp3) is 0.105. The maximum Gasteiger partial charge on any atom is 0.190 e. The summed E-state index contributed by atoms with van der Waals surface area (Å²) >= 11 is 1.50. The molecule has 0 saturated carbocycles. The normalized spacial score (nSPS) is 11.1. The predicted molar refractivity (Wildman–Crippen MR) is 103 cm³/mol. The van der Waals surface area contributed by atoms with Crippen LogP contribution in [0.3, 0.4) is 0 Å². The number of anilines is 1. The molecular formula is C19H17N5S. The van der Waals surface area contributed by atoms with Gasteiger partial charge in [-0.1, -0.05) is 53.7 Å². The van der Waals surface area contributed by atoms with Gasteiger partial charge in [0.2, 0.25) is 0 Å². The molecule has 0 saturated heterocycles. The van der Waals surface area contributed by atoms with Gasteiger partial charge in [-0.25, -0.2) is 14.6 Å². The maximum absolute atomic E-state index is 6.45. The summed E-state index contributed by atoms with van der Waals surface area (Å²) in [6.07, 6.45) is 1.96. The monoisotopic (exact) mass is 347 g/mol. The summed E-state index contributed by atoms with van der Waals surface area (Å²) in [6, 6.07) is 18.1. The Morgan fingerprint density at radius 3 is 2.52 bits per heavy atom. The molecule has 0 atom stereocenters. The number of aromatic nitrogens is 4. The van der Waals surface area contributed by atoms with Crippen LogP contribution in [0.25, 0.3) is 28.0 Å². The zero-order chi connectivity index (χ0) is 17.4. The van der Waals surface area contributed by atoms with E-state index in [2.05, 4.69) is 29.1 Å². The Balaban J connectivity index is 2.03. The molecule has 2 heterocycles. The first kappa shape index (κ1) is 15.7. The molecule has 6 heteroatoms. The Morgan fingerprint density at radius 2 is 1.80 bits per heavy atom. The van der Waals surface area contributed by atoms with E-state index < -0.39 is 0 Å². The lowest BCUT2D eigenvalue weighted by molar-refractivity contribution is 0.890. The SMILES string of the molecule is CSc1nc(-c2cccc(C)c2)c2c(N)n(-c3ccccc3)nc2n1. The number of nitrogens with zero attached hydrogens (tertiary/aromatic N) is 4. The van der Waals surface area contributed by atoms with Gasteiger partial charge in [-0.15, -0.1) is 5.10 Å². The van der Waals surface area contributed by atoms with Gasteiger partial charge in [0.15, 0.2) is 10.8 Å². The van der Waals surface area contributed by atoms with Gasteiger partial charge in [-0.2, -0.15) is 0 Å². The molecule has 2 N–H and O–H groups in total. The number of benzene rings is 2. The zero-order valence-electron chi connectivity index (χ0n) is 14.0. The van der Waals surface area contributed by atoms with Crippen LogP contribution in [0.4, 0.5) is 5.82 Å². The van der Waals surface area contributed by atoms with Gasteiger partial charge in [0.25, 0.3) is 0 Å². The quantitative estimate of drug-likeness (QED) is 0.446. The number of para-hydroxylation sites is 1. The van der Waals surface area contributed by atoms with E-state index in [4.69, 9.17) is 10.7 Å². The first-order valence-corrected chi connectivity index (χ1v) is 9.12. The van der Waals surface area contributed by atoms with Crippen molar-refractivity contribution in [3.05, 3.63) is 60.2 Å². The molecule has 0 unspecified atom stereocenters. The third kappa shape index (κ3) is 2.74. The second-order valence-corrected chi connectivity index (χ2v) is 6.53. The molecule has 2 aromatic carbocycles. The number of fused-ring (bicyclic) bond motifs is 1.